The third kappa shape index (κ3) is 4.25. The summed E-state index contributed by atoms with van der Waals surface area (Å²) in [6.45, 7) is 5.91. The van der Waals surface area contributed by atoms with Crippen molar-refractivity contribution >= 4 is 29.1 Å². The maximum atomic E-state index is 12.5. The van der Waals surface area contributed by atoms with Crippen LogP contribution < -0.4 is 10.6 Å². The first-order valence-corrected chi connectivity index (χ1v) is 8.21. The molecule has 0 spiro atoms. The van der Waals surface area contributed by atoms with Crippen LogP contribution in [0.3, 0.4) is 0 Å². The second kappa shape index (κ2) is 8.34. The van der Waals surface area contributed by atoms with E-state index in [1.54, 1.807) is 25.1 Å². The lowest BCUT2D eigenvalue weighted by atomic mass is 10.1. The molecule has 0 aliphatic rings. The first-order valence-electron chi connectivity index (χ1n) is 7.45. The second-order valence-electron chi connectivity index (χ2n) is 5.06. The summed E-state index contributed by atoms with van der Waals surface area (Å²) in [4.78, 5) is 12.5. The van der Waals surface area contributed by atoms with Crippen molar-refractivity contribution in [3.8, 4) is 11.3 Å². The van der Waals surface area contributed by atoms with E-state index in [-0.39, 0.29) is 5.91 Å². The van der Waals surface area contributed by atoms with Crippen LogP contribution in [0.15, 0.2) is 22.7 Å². The molecule has 0 bridgehead atoms. The van der Waals surface area contributed by atoms with Gasteiger partial charge in [0, 0.05) is 18.7 Å². The fourth-order valence-electron chi connectivity index (χ4n) is 2.19. The van der Waals surface area contributed by atoms with E-state index >= 15 is 0 Å². The van der Waals surface area contributed by atoms with E-state index in [4.69, 9.17) is 27.7 Å². The van der Waals surface area contributed by atoms with Gasteiger partial charge in [-0.3, -0.25) is 4.79 Å². The first kappa shape index (κ1) is 17.8. The number of carbonyl (C=O) groups is 1. The van der Waals surface area contributed by atoms with Gasteiger partial charge in [0.1, 0.15) is 17.0 Å². The van der Waals surface area contributed by atoms with Gasteiger partial charge in [-0.1, -0.05) is 41.3 Å². The Hall–Kier alpha value is -1.56. The number of carbonyl (C=O) groups excluding carboxylic acids is 1. The first-order chi connectivity index (χ1) is 11.1. The summed E-state index contributed by atoms with van der Waals surface area (Å²) in [5.41, 5.74) is 1.22. The van der Waals surface area contributed by atoms with Crippen LogP contribution in [0.5, 0.6) is 0 Å². The van der Waals surface area contributed by atoms with E-state index < -0.39 is 0 Å². The van der Waals surface area contributed by atoms with E-state index in [2.05, 4.69) is 22.7 Å². The number of nitrogens with zero attached hydrogens (tertiary/aromatic N) is 1. The zero-order valence-electron chi connectivity index (χ0n) is 13.1. The topological polar surface area (TPSA) is 67.2 Å². The van der Waals surface area contributed by atoms with Crippen LogP contribution in [0.2, 0.25) is 10.0 Å². The molecule has 1 heterocycles. The van der Waals surface area contributed by atoms with Crippen molar-refractivity contribution in [1.29, 1.82) is 0 Å². The highest BCUT2D eigenvalue weighted by atomic mass is 35.5. The Bertz CT molecular complexity index is 666. The number of rotatable bonds is 7. The smallest absolute Gasteiger partial charge is 0.257 e. The minimum atomic E-state index is -0.256. The highest BCUT2D eigenvalue weighted by Crippen LogP contribution is 2.36. The van der Waals surface area contributed by atoms with Crippen LogP contribution in [0.1, 0.15) is 29.5 Å². The lowest BCUT2D eigenvalue weighted by Gasteiger charge is -2.08. The number of amides is 1. The molecular weight excluding hydrogens is 337 g/mol. The van der Waals surface area contributed by atoms with Gasteiger partial charge < -0.3 is 15.2 Å². The molecule has 0 aliphatic carbocycles. The molecule has 0 saturated heterocycles. The molecule has 0 radical (unpaired) electrons. The molecule has 0 unspecified atom stereocenters. The van der Waals surface area contributed by atoms with Gasteiger partial charge in [-0.05, 0) is 32.0 Å². The van der Waals surface area contributed by atoms with Crippen molar-refractivity contribution in [2.24, 2.45) is 0 Å². The number of benzene rings is 1. The van der Waals surface area contributed by atoms with Crippen molar-refractivity contribution in [2.75, 3.05) is 19.6 Å². The molecule has 2 rings (SSSR count). The Kier molecular flexibility index (Phi) is 6.45. The average Bonchev–Trinajstić information content (AvgIpc) is 2.88. The SMILES string of the molecule is CCCNCCNC(=O)c1c(-c2c(Cl)cccc2Cl)noc1C. The van der Waals surface area contributed by atoms with E-state index in [0.717, 1.165) is 13.0 Å². The summed E-state index contributed by atoms with van der Waals surface area (Å²) in [6, 6.07) is 5.13. The van der Waals surface area contributed by atoms with Crippen LogP contribution >= 0.6 is 23.2 Å². The molecule has 0 fully saturated rings. The van der Waals surface area contributed by atoms with Crippen molar-refractivity contribution in [2.45, 2.75) is 20.3 Å². The van der Waals surface area contributed by atoms with Gasteiger partial charge in [-0.2, -0.15) is 0 Å². The molecule has 2 N–H and O–H groups in total. The largest absolute Gasteiger partial charge is 0.360 e. The fraction of sp³-hybridized carbons (Fsp3) is 0.375. The van der Waals surface area contributed by atoms with Gasteiger partial charge in [0.2, 0.25) is 0 Å². The average molecular weight is 356 g/mol. The Morgan fingerprint density at radius 3 is 2.57 bits per heavy atom. The third-order valence-corrected chi connectivity index (χ3v) is 3.93. The van der Waals surface area contributed by atoms with Crippen LogP contribution in [0.25, 0.3) is 11.3 Å². The highest BCUT2D eigenvalue weighted by molar-refractivity contribution is 6.39. The summed E-state index contributed by atoms with van der Waals surface area (Å²) in [5, 5.41) is 10.9. The molecule has 1 aromatic carbocycles. The number of halogens is 2. The summed E-state index contributed by atoms with van der Waals surface area (Å²) >= 11 is 12.4. The van der Waals surface area contributed by atoms with Gasteiger partial charge >= 0.3 is 0 Å². The quantitative estimate of drug-likeness (QED) is 0.743. The van der Waals surface area contributed by atoms with Crippen LogP contribution in [-0.2, 0) is 0 Å². The summed E-state index contributed by atoms with van der Waals surface area (Å²) in [7, 11) is 0. The van der Waals surface area contributed by atoms with Crippen molar-refractivity contribution in [1.82, 2.24) is 15.8 Å². The summed E-state index contributed by atoms with van der Waals surface area (Å²) < 4.78 is 5.18. The molecule has 23 heavy (non-hydrogen) atoms. The Morgan fingerprint density at radius 1 is 1.22 bits per heavy atom. The highest BCUT2D eigenvalue weighted by Gasteiger charge is 2.24. The summed E-state index contributed by atoms with van der Waals surface area (Å²) in [5.74, 6) is 0.169. The standard InChI is InChI=1S/C16H19Cl2N3O2/c1-3-7-19-8-9-20-16(22)13-10(2)23-21-15(13)14-11(17)5-4-6-12(14)18/h4-6,19H,3,7-9H2,1-2H3,(H,20,22). The Balaban J connectivity index is 2.20. The number of nitrogens with one attached hydrogen (secondary N) is 2. The van der Waals surface area contributed by atoms with Gasteiger partial charge in [-0.15, -0.1) is 0 Å². The van der Waals surface area contributed by atoms with Crippen molar-refractivity contribution in [3.05, 3.63) is 39.6 Å². The van der Waals surface area contributed by atoms with Gasteiger partial charge in [0.25, 0.3) is 5.91 Å². The lowest BCUT2D eigenvalue weighted by Crippen LogP contribution is -2.32. The predicted molar refractivity (Wildman–Crippen MR) is 92.2 cm³/mol. The van der Waals surface area contributed by atoms with Crippen LogP contribution in [0, 0.1) is 6.92 Å². The number of aryl methyl sites for hydroxylation is 1. The fourth-order valence-corrected chi connectivity index (χ4v) is 2.77. The second-order valence-corrected chi connectivity index (χ2v) is 5.88. The van der Waals surface area contributed by atoms with E-state index in [1.807, 2.05) is 0 Å². The molecule has 0 saturated carbocycles. The maximum absolute atomic E-state index is 12.5. The van der Waals surface area contributed by atoms with Crippen LogP contribution in [0.4, 0.5) is 0 Å². The van der Waals surface area contributed by atoms with E-state index in [9.17, 15) is 4.79 Å². The van der Waals surface area contributed by atoms with E-state index in [1.165, 1.54) is 0 Å². The van der Waals surface area contributed by atoms with E-state index in [0.29, 0.717) is 45.7 Å². The molecule has 5 nitrogen and oxygen atoms in total. The number of hydrogen-bond donors (Lipinski definition) is 2. The Morgan fingerprint density at radius 2 is 1.91 bits per heavy atom. The molecule has 0 aliphatic heterocycles. The molecular formula is C16H19Cl2N3O2. The lowest BCUT2D eigenvalue weighted by molar-refractivity contribution is 0.0953. The minimum absolute atomic E-state index is 0.256. The normalized spacial score (nSPS) is 10.8. The number of aromatic nitrogens is 1. The van der Waals surface area contributed by atoms with Gasteiger partial charge in [-0.25, -0.2) is 0 Å². The Labute approximate surface area is 145 Å². The molecule has 1 aromatic heterocycles. The minimum Gasteiger partial charge on any atom is -0.360 e. The van der Waals surface area contributed by atoms with Crippen molar-refractivity contribution in [3.63, 3.8) is 0 Å². The zero-order valence-corrected chi connectivity index (χ0v) is 14.6. The van der Waals surface area contributed by atoms with Crippen LogP contribution in [-0.4, -0.2) is 30.7 Å². The zero-order chi connectivity index (χ0) is 16.8. The molecule has 0 atom stereocenters. The molecule has 1 amide bonds. The number of hydrogen-bond acceptors (Lipinski definition) is 4. The molecule has 2 aromatic rings. The molecule has 7 heteroatoms. The van der Waals surface area contributed by atoms with Gasteiger partial charge in [0.05, 0.1) is 10.0 Å². The monoisotopic (exact) mass is 355 g/mol. The predicted octanol–water partition coefficient (Wildman–Crippen LogP) is 3.69. The van der Waals surface area contributed by atoms with Gasteiger partial charge in [0.15, 0.2) is 0 Å². The third-order valence-electron chi connectivity index (χ3n) is 3.30. The maximum Gasteiger partial charge on any atom is 0.257 e. The van der Waals surface area contributed by atoms with Crippen molar-refractivity contribution < 1.29 is 9.32 Å². The summed E-state index contributed by atoms with van der Waals surface area (Å²) in [6.07, 6.45) is 1.05. The molecule has 124 valence electrons.